The molecule has 3 aliphatic rings. The number of fused-ring (bicyclic) bond motifs is 1. The third-order valence-electron chi connectivity index (χ3n) is 8.41. The van der Waals surface area contributed by atoms with Crippen LogP contribution in [-0.2, 0) is 33.3 Å². The van der Waals surface area contributed by atoms with Crippen molar-refractivity contribution < 1.29 is 43.5 Å². The van der Waals surface area contributed by atoms with Crippen LogP contribution >= 0.6 is 0 Å². The van der Waals surface area contributed by atoms with Gasteiger partial charge in [-0.1, -0.05) is 30.3 Å². The molecule has 2 N–H and O–H groups in total. The molecular formula is C28H36O9. The molecule has 1 aliphatic heterocycles. The molecule has 0 amide bonds. The highest BCUT2D eigenvalue weighted by Crippen LogP contribution is 2.68. The largest absolute Gasteiger partial charge is 0.465 e. The van der Waals surface area contributed by atoms with E-state index >= 15 is 0 Å². The summed E-state index contributed by atoms with van der Waals surface area (Å²) in [6.45, 7) is 7.26. The predicted molar refractivity (Wildman–Crippen MR) is 132 cm³/mol. The van der Waals surface area contributed by atoms with Gasteiger partial charge >= 0.3 is 17.9 Å². The Morgan fingerprint density at radius 2 is 1.73 bits per heavy atom. The molecule has 1 heterocycles. The number of hydrogen-bond donors (Lipinski definition) is 2. The first-order valence-electron chi connectivity index (χ1n) is 12.6. The molecular weight excluding hydrogens is 480 g/mol. The van der Waals surface area contributed by atoms with Gasteiger partial charge in [-0.2, -0.15) is 0 Å². The molecule has 4 rings (SSSR count). The molecule has 1 saturated heterocycles. The Kier molecular flexibility index (Phi) is 7.03. The fourth-order valence-corrected chi connectivity index (χ4v) is 6.85. The molecule has 7 atom stereocenters. The minimum atomic E-state index is -1.76. The molecule has 0 radical (unpaired) electrons. The molecule has 2 saturated carbocycles. The summed E-state index contributed by atoms with van der Waals surface area (Å²) in [6, 6.07) is 9.22. The van der Waals surface area contributed by atoms with Crippen LogP contribution < -0.4 is 0 Å². The monoisotopic (exact) mass is 516 g/mol. The SMILES string of the molecule is CC(=O)OCC12C(OC(C)=O)CCC(C)(O)C13OC(C)(C)C(CC2OC(=O)C=Cc1ccccc1)C3O. The lowest BCUT2D eigenvalue weighted by Crippen LogP contribution is -2.80. The Labute approximate surface area is 216 Å². The first-order chi connectivity index (χ1) is 17.3. The summed E-state index contributed by atoms with van der Waals surface area (Å²) >= 11 is 0. The van der Waals surface area contributed by atoms with Crippen molar-refractivity contribution in [2.24, 2.45) is 11.3 Å². The van der Waals surface area contributed by atoms with Crippen molar-refractivity contribution in [1.82, 2.24) is 0 Å². The van der Waals surface area contributed by atoms with Gasteiger partial charge in [-0.05, 0) is 51.7 Å². The Hall–Kier alpha value is -2.75. The Bertz CT molecular complexity index is 1080. The van der Waals surface area contributed by atoms with Crippen LogP contribution in [0.4, 0.5) is 0 Å². The third kappa shape index (κ3) is 4.36. The predicted octanol–water partition coefficient (Wildman–Crippen LogP) is 2.57. The fourth-order valence-electron chi connectivity index (χ4n) is 6.85. The Morgan fingerprint density at radius 1 is 1.05 bits per heavy atom. The number of carbonyl (C=O) groups is 3. The quantitative estimate of drug-likeness (QED) is 0.333. The van der Waals surface area contributed by atoms with Gasteiger partial charge in [-0.25, -0.2) is 4.79 Å². The minimum Gasteiger partial charge on any atom is -0.465 e. The van der Waals surface area contributed by atoms with Gasteiger partial charge in [0.15, 0.2) is 0 Å². The highest BCUT2D eigenvalue weighted by Gasteiger charge is 2.83. The molecule has 1 aromatic rings. The van der Waals surface area contributed by atoms with Crippen LogP contribution in [0.25, 0.3) is 6.08 Å². The van der Waals surface area contributed by atoms with Gasteiger partial charge in [-0.3, -0.25) is 9.59 Å². The number of aliphatic hydroxyl groups is 2. The second-order valence-corrected chi connectivity index (χ2v) is 11.1. The van der Waals surface area contributed by atoms with Crippen LogP contribution in [0, 0.1) is 11.3 Å². The number of esters is 3. The van der Waals surface area contributed by atoms with Crippen molar-refractivity contribution in [2.45, 2.75) is 89.0 Å². The summed E-state index contributed by atoms with van der Waals surface area (Å²) in [7, 11) is 0. The van der Waals surface area contributed by atoms with E-state index in [1.165, 1.54) is 19.9 Å². The zero-order chi connectivity index (χ0) is 27.2. The van der Waals surface area contributed by atoms with Crippen LogP contribution in [0.1, 0.15) is 59.4 Å². The van der Waals surface area contributed by atoms with Gasteiger partial charge in [0.05, 0.1) is 17.3 Å². The molecule has 37 heavy (non-hydrogen) atoms. The van der Waals surface area contributed by atoms with E-state index in [-0.39, 0.29) is 19.3 Å². The maximum Gasteiger partial charge on any atom is 0.331 e. The average Bonchev–Trinajstić information content (AvgIpc) is 2.96. The van der Waals surface area contributed by atoms with Crippen LogP contribution in [0.2, 0.25) is 0 Å². The fraction of sp³-hybridized carbons (Fsp3) is 0.607. The number of aliphatic hydroxyl groups excluding tert-OH is 1. The van der Waals surface area contributed by atoms with E-state index in [1.807, 2.05) is 30.3 Å². The van der Waals surface area contributed by atoms with E-state index in [2.05, 4.69) is 0 Å². The van der Waals surface area contributed by atoms with Gasteiger partial charge in [0, 0.05) is 25.8 Å². The number of carbonyl (C=O) groups excluding carboxylic acids is 3. The summed E-state index contributed by atoms with van der Waals surface area (Å²) in [4.78, 5) is 37.4. The van der Waals surface area contributed by atoms with Crippen LogP contribution in [0.3, 0.4) is 0 Å². The number of benzene rings is 1. The number of ether oxygens (including phenoxy) is 4. The first-order valence-corrected chi connectivity index (χ1v) is 12.6. The standard InChI is InChI=1S/C28H36O9/c1-17(29)34-16-27-21(35-18(2)30)13-14-26(5,33)28(27)24(32)20(25(3,4)37-28)15-22(27)36-23(31)12-11-19-9-7-6-8-10-19/h6-12,20-22,24,32-33H,13-16H2,1-5H3. The maximum absolute atomic E-state index is 13.1. The molecule has 0 aromatic heterocycles. The van der Waals surface area contributed by atoms with E-state index in [4.69, 9.17) is 18.9 Å². The lowest BCUT2D eigenvalue weighted by Gasteiger charge is -2.64. The lowest BCUT2D eigenvalue weighted by atomic mass is 9.47. The molecule has 7 unspecified atom stereocenters. The third-order valence-corrected chi connectivity index (χ3v) is 8.41. The van der Waals surface area contributed by atoms with Gasteiger partial charge in [0.25, 0.3) is 0 Å². The highest BCUT2D eigenvalue weighted by atomic mass is 16.6. The van der Waals surface area contributed by atoms with Crippen LogP contribution in [0.15, 0.2) is 36.4 Å². The molecule has 3 fully saturated rings. The molecule has 1 aromatic carbocycles. The zero-order valence-electron chi connectivity index (χ0n) is 21.9. The summed E-state index contributed by atoms with van der Waals surface area (Å²) in [5, 5.41) is 23.5. The van der Waals surface area contributed by atoms with Crippen LogP contribution in [-0.4, -0.2) is 69.8 Å². The average molecular weight is 517 g/mol. The maximum atomic E-state index is 13.1. The molecule has 9 heteroatoms. The molecule has 202 valence electrons. The van der Waals surface area contributed by atoms with E-state index in [1.54, 1.807) is 26.8 Å². The highest BCUT2D eigenvalue weighted by molar-refractivity contribution is 5.87. The summed E-state index contributed by atoms with van der Waals surface area (Å²) in [6.07, 6.45) is 0.200. The summed E-state index contributed by atoms with van der Waals surface area (Å²) in [5.74, 6) is -2.38. The van der Waals surface area contributed by atoms with E-state index in [0.29, 0.717) is 0 Å². The second-order valence-electron chi connectivity index (χ2n) is 11.1. The zero-order valence-corrected chi connectivity index (χ0v) is 21.9. The number of hydrogen-bond acceptors (Lipinski definition) is 9. The lowest BCUT2D eigenvalue weighted by molar-refractivity contribution is -0.340. The summed E-state index contributed by atoms with van der Waals surface area (Å²) in [5.41, 5.74) is -5.09. The second kappa shape index (κ2) is 9.53. The van der Waals surface area contributed by atoms with Gasteiger partial charge < -0.3 is 29.2 Å². The topological polar surface area (TPSA) is 129 Å². The Morgan fingerprint density at radius 3 is 2.35 bits per heavy atom. The summed E-state index contributed by atoms with van der Waals surface area (Å²) < 4.78 is 23.9. The smallest absolute Gasteiger partial charge is 0.331 e. The van der Waals surface area contributed by atoms with Crippen molar-refractivity contribution in [1.29, 1.82) is 0 Å². The molecule has 2 bridgehead atoms. The van der Waals surface area contributed by atoms with Crippen molar-refractivity contribution in [3.8, 4) is 0 Å². The molecule has 9 nitrogen and oxygen atoms in total. The first kappa shape index (κ1) is 27.3. The van der Waals surface area contributed by atoms with E-state index in [0.717, 1.165) is 5.56 Å². The molecule has 1 spiro atoms. The van der Waals surface area contributed by atoms with Gasteiger partial charge in [0.1, 0.15) is 29.8 Å². The van der Waals surface area contributed by atoms with Crippen molar-refractivity contribution in [3.05, 3.63) is 42.0 Å². The van der Waals surface area contributed by atoms with Crippen molar-refractivity contribution in [2.75, 3.05) is 6.61 Å². The number of rotatable bonds is 6. The van der Waals surface area contributed by atoms with E-state index in [9.17, 15) is 24.6 Å². The van der Waals surface area contributed by atoms with Gasteiger partial charge in [0.2, 0.25) is 0 Å². The van der Waals surface area contributed by atoms with Crippen molar-refractivity contribution >= 4 is 24.0 Å². The molecule has 2 aliphatic carbocycles. The van der Waals surface area contributed by atoms with Crippen molar-refractivity contribution in [3.63, 3.8) is 0 Å². The van der Waals surface area contributed by atoms with Crippen LogP contribution in [0.5, 0.6) is 0 Å². The Balaban J connectivity index is 1.84. The minimum absolute atomic E-state index is 0.140. The van der Waals surface area contributed by atoms with Gasteiger partial charge in [-0.15, -0.1) is 0 Å². The normalized spacial score (nSPS) is 38.0. The van der Waals surface area contributed by atoms with E-state index < -0.39 is 71.0 Å².